The van der Waals surface area contributed by atoms with E-state index < -0.39 is 0 Å². The molecule has 1 amide bonds. The first-order valence-corrected chi connectivity index (χ1v) is 12.3. The monoisotopic (exact) mass is 478 g/mol. The van der Waals surface area contributed by atoms with Gasteiger partial charge in [0, 0.05) is 55.9 Å². The summed E-state index contributed by atoms with van der Waals surface area (Å²) in [7, 11) is 4.13. The fourth-order valence-electron chi connectivity index (χ4n) is 5.09. The van der Waals surface area contributed by atoms with Gasteiger partial charge in [0.25, 0.3) is 0 Å². The lowest BCUT2D eigenvalue weighted by Crippen LogP contribution is -2.44. The van der Waals surface area contributed by atoms with Crippen LogP contribution in [0, 0.1) is 5.41 Å². The smallest absolute Gasteiger partial charge is 0.226 e. The van der Waals surface area contributed by atoms with Gasteiger partial charge in [-0.1, -0.05) is 35.9 Å². The number of halogens is 1. The van der Waals surface area contributed by atoms with Crippen LogP contribution in [-0.4, -0.2) is 65.8 Å². The van der Waals surface area contributed by atoms with Crippen molar-refractivity contribution in [3.8, 4) is 22.3 Å². The Morgan fingerprint density at radius 3 is 2.44 bits per heavy atom. The van der Waals surface area contributed by atoms with Gasteiger partial charge in [-0.3, -0.25) is 14.5 Å². The zero-order valence-corrected chi connectivity index (χ0v) is 20.6. The lowest BCUT2D eigenvalue weighted by atomic mass is 9.77. The summed E-state index contributed by atoms with van der Waals surface area (Å²) in [5, 5.41) is 8.16. The molecule has 0 aliphatic carbocycles. The molecule has 178 valence electrons. The van der Waals surface area contributed by atoms with Crippen LogP contribution >= 0.6 is 11.6 Å². The number of rotatable bonds is 6. The molecule has 1 spiro atoms. The van der Waals surface area contributed by atoms with Crippen molar-refractivity contribution in [1.82, 2.24) is 25.0 Å². The van der Waals surface area contributed by atoms with Crippen molar-refractivity contribution in [3.63, 3.8) is 0 Å². The first kappa shape index (κ1) is 22.9. The second kappa shape index (κ2) is 9.39. The van der Waals surface area contributed by atoms with Crippen LogP contribution in [0.15, 0.2) is 49.1 Å². The van der Waals surface area contributed by atoms with Gasteiger partial charge in [0.1, 0.15) is 0 Å². The highest BCUT2D eigenvalue weighted by Crippen LogP contribution is 2.43. The second-order valence-electron chi connectivity index (χ2n) is 9.66. The summed E-state index contributed by atoms with van der Waals surface area (Å²) >= 11 is 6.68. The Morgan fingerprint density at radius 2 is 1.76 bits per heavy atom. The molecule has 7 nitrogen and oxygen atoms in total. The van der Waals surface area contributed by atoms with Crippen LogP contribution in [-0.2, 0) is 11.3 Å². The van der Waals surface area contributed by atoms with E-state index in [1.165, 1.54) is 0 Å². The van der Waals surface area contributed by atoms with Gasteiger partial charge in [-0.2, -0.15) is 5.10 Å². The van der Waals surface area contributed by atoms with Crippen molar-refractivity contribution in [2.24, 2.45) is 5.41 Å². The normalized spacial score (nSPS) is 17.5. The highest BCUT2D eigenvalue weighted by molar-refractivity contribution is 6.33. The number of hydrogen-bond acceptors (Lipinski definition) is 5. The van der Waals surface area contributed by atoms with Crippen molar-refractivity contribution in [2.75, 3.05) is 45.2 Å². The Hall–Kier alpha value is -2.90. The Kier molecular flexibility index (Phi) is 6.32. The summed E-state index contributed by atoms with van der Waals surface area (Å²) < 4.78 is 1.98. The Morgan fingerprint density at radius 1 is 1.03 bits per heavy atom. The molecule has 2 aliphatic heterocycles. The number of aromatic nitrogens is 3. The van der Waals surface area contributed by atoms with Crippen LogP contribution in [0.4, 0.5) is 5.69 Å². The molecule has 0 bridgehead atoms. The Labute approximate surface area is 205 Å². The third-order valence-electron chi connectivity index (χ3n) is 7.22. The van der Waals surface area contributed by atoms with Gasteiger partial charge in [-0.15, -0.1) is 0 Å². The average Bonchev–Trinajstić information content (AvgIpc) is 3.46. The highest BCUT2D eigenvalue weighted by atomic mass is 35.5. The van der Waals surface area contributed by atoms with E-state index in [-0.39, 0.29) is 11.3 Å². The maximum absolute atomic E-state index is 12.4. The average molecular weight is 479 g/mol. The summed E-state index contributed by atoms with van der Waals surface area (Å²) in [5.74, 6) is 0.217. The molecule has 2 saturated heterocycles. The molecule has 2 aliphatic rings. The summed E-state index contributed by atoms with van der Waals surface area (Å²) in [6.45, 7) is 4.23. The van der Waals surface area contributed by atoms with E-state index >= 15 is 0 Å². The quantitative estimate of drug-likeness (QED) is 0.581. The molecule has 4 heterocycles. The summed E-state index contributed by atoms with van der Waals surface area (Å²) in [6, 6.07) is 8.50. The maximum atomic E-state index is 12.4. The molecule has 0 atom stereocenters. The lowest BCUT2D eigenvalue weighted by Gasteiger charge is -2.39. The van der Waals surface area contributed by atoms with E-state index in [2.05, 4.69) is 69.8 Å². The first-order valence-electron chi connectivity index (χ1n) is 11.9. The van der Waals surface area contributed by atoms with E-state index in [1.54, 1.807) is 6.20 Å². The van der Waals surface area contributed by atoms with Crippen LogP contribution in [0.5, 0.6) is 0 Å². The third-order valence-corrected chi connectivity index (χ3v) is 7.50. The molecule has 3 aromatic rings. The molecule has 0 unspecified atom stereocenters. The molecule has 0 radical (unpaired) electrons. The molecule has 1 N–H and O–H groups in total. The number of hydrogen-bond donors (Lipinski definition) is 1. The number of carbonyl (C=O) groups excluding carboxylic acids is 1. The number of anilines is 1. The van der Waals surface area contributed by atoms with E-state index in [1.807, 2.05) is 17.1 Å². The van der Waals surface area contributed by atoms with Gasteiger partial charge < -0.3 is 15.1 Å². The van der Waals surface area contributed by atoms with Gasteiger partial charge in [0.15, 0.2) is 0 Å². The number of piperidine rings is 1. The van der Waals surface area contributed by atoms with Crippen molar-refractivity contribution in [1.29, 1.82) is 0 Å². The van der Waals surface area contributed by atoms with Gasteiger partial charge in [0.2, 0.25) is 5.91 Å². The maximum Gasteiger partial charge on any atom is 0.226 e. The number of pyridine rings is 1. The molecule has 8 heteroatoms. The minimum Gasteiger partial charge on any atom is -0.370 e. The van der Waals surface area contributed by atoms with E-state index in [4.69, 9.17) is 11.6 Å². The Bertz CT molecular complexity index is 1160. The number of likely N-dealkylation sites (N-methyl/N-ethyl adjacent to an activating group) is 1. The fourth-order valence-corrected chi connectivity index (χ4v) is 5.37. The van der Waals surface area contributed by atoms with E-state index in [9.17, 15) is 4.79 Å². The predicted molar refractivity (Wildman–Crippen MR) is 136 cm³/mol. The number of nitrogens with one attached hydrogen (secondary N) is 1. The SMILES string of the molecule is CN(C)CCn1cc(-c2ccc(-c3cncc(Cl)c3N3CCC4(CCNC4=O)CC3)cc2)cn1. The standard InChI is InChI=1S/C26H31ClN6O/c1-31(2)13-14-33-18-21(15-30-33)19-3-5-20(6-4-19)22-16-28-17-23(27)24(22)32-11-8-26(9-12-32)7-10-29-25(26)34/h3-6,15-18H,7-14H2,1-2H3,(H,29,34). The second-order valence-corrected chi connectivity index (χ2v) is 10.1. The first-order chi connectivity index (χ1) is 16.4. The largest absolute Gasteiger partial charge is 0.370 e. The van der Waals surface area contributed by atoms with Gasteiger partial charge in [-0.25, -0.2) is 0 Å². The van der Waals surface area contributed by atoms with Gasteiger partial charge in [0.05, 0.1) is 28.9 Å². The summed E-state index contributed by atoms with van der Waals surface area (Å²) in [5.41, 5.74) is 5.14. The van der Waals surface area contributed by atoms with Crippen LogP contribution in [0.2, 0.25) is 5.02 Å². The number of amides is 1. The zero-order valence-electron chi connectivity index (χ0n) is 19.8. The molecule has 1 aromatic carbocycles. The minimum atomic E-state index is -0.200. The zero-order chi connectivity index (χ0) is 23.7. The minimum absolute atomic E-state index is 0.200. The molecule has 0 saturated carbocycles. The fraction of sp³-hybridized carbons (Fsp3) is 0.423. The number of carbonyl (C=O) groups is 1. The molecule has 2 aromatic heterocycles. The predicted octanol–water partition coefficient (Wildman–Crippen LogP) is 3.93. The van der Waals surface area contributed by atoms with Crippen molar-refractivity contribution in [2.45, 2.75) is 25.8 Å². The third kappa shape index (κ3) is 4.42. The summed E-state index contributed by atoms with van der Waals surface area (Å²) in [4.78, 5) is 21.2. The molecule has 34 heavy (non-hydrogen) atoms. The topological polar surface area (TPSA) is 66.3 Å². The number of benzene rings is 1. The summed E-state index contributed by atoms with van der Waals surface area (Å²) in [6.07, 6.45) is 10.3. The molecule has 2 fully saturated rings. The van der Waals surface area contributed by atoms with Crippen LogP contribution < -0.4 is 10.2 Å². The van der Waals surface area contributed by atoms with Crippen molar-refractivity contribution >= 4 is 23.2 Å². The van der Waals surface area contributed by atoms with E-state index in [0.29, 0.717) is 5.02 Å². The molecule has 5 rings (SSSR count). The molecular weight excluding hydrogens is 448 g/mol. The lowest BCUT2D eigenvalue weighted by molar-refractivity contribution is -0.128. The van der Waals surface area contributed by atoms with E-state index in [0.717, 1.165) is 79.9 Å². The van der Waals surface area contributed by atoms with Gasteiger partial charge >= 0.3 is 0 Å². The molecular formula is C26H31ClN6O. The van der Waals surface area contributed by atoms with Gasteiger partial charge in [-0.05, 0) is 44.5 Å². The van der Waals surface area contributed by atoms with Crippen LogP contribution in [0.1, 0.15) is 19.3 Å². The van der Waals surface area contributed by atoms with Crippen LogP contribution in [0.25, 0.3) is 22.3 Å². The van der Waals surface area contributed by atoms with Crippen molar-refractivity contribution in [3.05, 3.63) is 54.1 Å². The van der Waals surface area contributed by atoms with Crippen molar-refractivity contribution < 1.29 is 4.79 Å². The Balaban J connectivity index is 1.36. The number of nitrogens with zero attached hydrogens (tertiary/aromatic N) is 5. The highest BCUT2D eigenvalue weighted by Gasteiger charge is 2.44. The van der Waals surface area contributed by atoms with Crippen LogP contribution in [0.3, 0.4) is 0 Å².